The average Bonchev–Trinajstić information content (AvgIpc) is 2.99. The molecule has 0 radical (unpaired) electrons. The maximum absolute atomic E-state index is 12.1. The Kier molecular flexibility index (Phi) is 4.35. The first-order valence-electron chi connectivity index (χ1n) is 7.35. The Morgan fingerprint density at radius 1 is 1.27 bits per heavy atom. The highest BCUT2D eigenvalue weighted by Crippen LogP contribution is 2.34. The molecule has 1 aromatic rings. The summed E-state index contributed by atoms with van der Waals surface area (Å²) in [6.45, 7) is 2.04. The first kappa shape index (κ1) is 14.9. The number of benzene rings is 1. The zero-order chi connectivity index (χ0) is 15.4. The number of rotatable bonds is 5. The van der Waals surface area contributed by atoms with Gasteiger partial charge in [0.1, 0.15) is 12.4 Å². The number of nitrogens with one attached hydrogen (secondary N) is 1. The molecule has 0 saturated carbocycles. The largest absolute Gasteiger partial charge is 0.492 e. The predicted molar refractivity (Wildman–Crippen MR) is 78.0 cm³/mol. The second-order valence-corrected chi connectivity index (χ2v) is 5.39. The van der Waals surface area contributed by atoms with E-state index in [0.717, 1.165) is 0 Å². The summed E-state index contributed by atoms with van der Waals surface area (Å²) in [6.07, 6.45) is 1.09. The molecule has 7 heteroatoms. The van der Waals surface area contributed by atoms with E-state index in [2.05, 4.69) is 5.32 Å². The van der Waals surface area contributed by atoms with Crippen LogP contribution in [0.25, 0.3) is 0 Å². The van der Waals surface area contributed by atoms with E-state index in [9.17, 15) is 4.79 Å². The fourth-order valence-corrected chi connectivity index (χ4v) is 2.44. The fraction of sp³-hybridized carbons (Fsp3) is 0.533. The Morgan fingerprint density at radius 2 is 2.05 bits per heavy atom. The molecule has 0 bridgehead atoms. The van der Waals surface area contributed by atoms with Crippen LogP contribution in [0.1, 0.15) is 12.8 Å². The van der Waals surface area contributed by atoms with Crippen LogP contribution in [0.4, 0.5) is 0 Å². The molecule has 1 amide bonds. The van der Waals surface area contributed by atoms with Gasteiger partial charge >= 0.3 is 0 Å². The molecule has 3 rings (SSSR count). The van der Waals surface area contributed by atoms with Gasteiger partial charge in [0.15, 0.2) is 11.5 Å². The number of amides is 1. The number of nitrogens with two attached hydrogens (primary N) is 1. The van der Waals surface area contributed by atoms with Crippen LogP contribution in [0.5, 0.6) is 17.2 Å². The van der Waals surface area contributed by atoms with Gasteiger partial charge in [-0.3, -0.25) is 4.79 Å². The molecular formula is C15H20N2O5. The highest BCUT2D eigenvalue weighted by molar-refractivity contribution is 5.86. The molecule has 2 heterocycles. The first-order valence-corrected chi connectivity index (χ1v) is 7.35. The zero-order valence-electron chi connectivity index (χ0n) is 12.3. The molecule has 0 atom stereocenters. The predicted octanol–water partition coefficient (Wildman–Crippen LogP) is 0.418. The molecular weight excluding hydrogens is 288 g/mol. The molecule has 120 valence electrons. The van der Waals surface area contributed by atoms with Gasteiger partial charge in [-0.25, -0.2) is 0 Å². The Labute approximate surface area is 128 Å². The fourth-order valence-electron chi connectivity index (χ4n) is 2.44. The second kappa shape index (κ2) is 6.41. The number of ether oxygens (including phenoxy) is 4. The molecule has 2 aliphatic rings. The number of hydrogen-bond donors (Lipinski definition) is 2. The van der Waals surface area contributed by atoms with Gasteiger partial charge in [0.05, 0.1) is 12.1 Å². The summed E-state index contributed by atoms with van der Waals surface area (Å²) < 4.78 is 21.3. The highest BCUT2D eigenvalue weighted by atomic mass is 16.7. The Bertz CT molecular complexity index is 543. The second-order valence-electron chi connectivity index (χ2n) is 5.39. The van der Waals surface area contributed by atoms with E-state index in [1.54, 1.807) is 18.2 Å². The summed E-state index contributed by atoms with van der Waals surface area (Å²) in [6, 6.07) is 5.37. The molecule has 2 aliphatic heterocycles. The van der Waals surface area contributed by atoms with Gasteiger partial charge in [-0.15, -0.1) is 0 Å². The summed E-state index contributed by atoms with van der Waals surface area (Å²) in [4.78, 5) is 12.1. The van der Waals surface area contributed by atoms with Crippen LogP contribution in [-0.4, -0.2) is 44.6 Å². The average molecular weight is 308 g/mol. The van der Waals surface area contributed by atoms with Crippen LogP contribution in [0.2, 0.25) is 0 Å². The van der Waals surface area contributed by atoms with Crippen molar-refractivity contribution in [2.75, 3.05) is 33.2 Å². The molecule has 0 unspecified atom stereocenters. The molecule has 0 aliphatic carbocycles. The molecule has 1 fully saturated rings. The zero-order valence-corrected chi connectivity index (χ0v) is 12.3. The molecule has 22 heavy (non-hydrogen) atoms. The Hall–Kier alpha value is -1.99. The number of hydrogen-bond acceptors (Lipinski definition) is 6. The van der Waals surface area contributed by atoms with Gasteiger partial charge in [0.2, 0.25) is 12.7 Å². The topological polar surface area (TPSA) is 92.0 Å². The third kappa shape index (κ3) is 3.26. The van der Waals surface area contributed by atoms with Crippen LogP contribution in [-0.2, 0) is 9.53 Å². The van der Waals surface area contributed by atoms with Crippen LogP contribution >= 0.6 is 0 Å². The summed E-state index contributed by atoms with van der Waals surface area (Å²) in [5.74, 6) is 1.91. The van der Waals surface area contributed by atoms with E-state index < -0.39 is 5.54 Å². The van der Waals surface area contributed by atoms with Gasteiger partial charge in [-0.1, -0.05) is 0 Å². The van der Waals surface area contributed by atoms with E-state index in [4.69, 9.17) is 24.7 Å². The molecule has 1 aromatic carbocycles. The number of carbonyl (C=O) groups excluding carboxylic acids is 1. The van der Waals surface area contributed by atoms with E-state index >= 15 is 0 Å². The number of carbonyl (C=O) groups is 1. The summed E-state index contributed by atoms with van der Waals surface area (Å²) in [5, 5.41) is 2.82. The van der Waals surface area contributed by atoms with Crippen molar-refractivity contribution in [2.24, 2.45) is 5.73 Å². The summed E-state index contributed by atoms with van der Waals surface area (Å²) >= 11 is 0. The lowest BCUT2D eigenvalue weighted by Crippen LogP contribution is -2.57. The third-order valence-corrected chi connectivity index (χ3v) is 3.84. The molecule has 7 nitrogen and oxygen atoms in total. The van der Waals surface area contributed by atoms with Crippen molar-refractivity contribution in [3.63, 3.8) is 0 Å². The van der Waals surface area contributed by atoms with Gasteiger partial charge in [0.25, 0.3) is 0 Å². The molecule has 0 aromatic heterocycles. The SMILES string of the molecule is NC1(C(=O)NCCOc2ccc3c(c2)OCO3)CCOCC1. The standard InChI is InChI=1S/C15H20N2O5/c16-15(3-6-19-7-4-15)14(18)17-5-8-20-11-1-2-12-13(9-11)22-10-21-12/h1-2,9H,3-8,10,16H2,(H,17,18). The minimum atomic E-state index is -0.822. The molecule has 1 saturated heterocycles. The minimum Gasteiger partial charge on any atom is -0.492 e. The van der Waals surface area contributed by atoms with E-state index in [1.807, 2.05) is 0 Å². The van der Waals surface area contributed by atoms with Crippen LogP contribution < -0.4 is 25.3 Å². The van der Waals surface area contributed by atoms with Crippen LogP contribution in [0.15, 0.2) is 18.2 Å². The molecule has 3 N–H and O–H groups in total. The van der Waals surface area contributed by atoms with Crippen molar-refractivity contribution in [2.45, 2.75) is 18.4 Å². The van der Waals surface area contributed by atoms with E-state index in [0.29, 0.717) is 56.5 Å². The highest BCUT2D eigenvalue weighted by Gasteiger charge is 2.35. The summed E-state index contributed by atoms with van der Waals surface area (Å²) in [7, 11) is 0. The lowest BCUT2D eigenvalue weighted by atomic mass is 9.90. The van der Waals surface area contributed by atoms with Crippen molar-refractivity contribution >= 4 is 5.91 Å². The van der Waals surface area contributed by atoms with Gasteiger partial charge in [-0.05, 0) is 25.0 Å². The third-order valence-electron chi connectivity index (χ3n) is 3.84. The maximum Gasteiger partial charge on any atom is 0.240 e. The quantitative estimate of drug-likeness (QED) is 0.766. The van der Waals surface area contributed by atoms with Gasteiger partial charge < -0.3 is 30.0 Å². The Balaban J connectivity index is 1.42. The Morgan fingerprint density at radius 3 is 2.86 bits per heavy atom. The molecule has 0 spiro atoms. The van der Waals surface area contributed by atoms with Crippen molar-refractivity contribution in [3.8, 4) is 17.2 Å². The number of fused-ring (bicyclic) bond motifs is 1. The lowest BCUT2D eigenvalue weighted by Gasteiger charge is -2.31. The first-order chi connectivity index (χ1) is 10.7. The van der Waals surface area contributed by atoms with Crippen molar-refractivity contribution < 1.29 is 23.7 Å². The van der Waals surface area contributed by atoms with Crippen molar-refractivity contribution in [1.29, 1.82) is 0 Å². The van der Waals surface area contributed by atoms with Gasteiger partial charge in [0, 0.05) is 19.3 Å². The van der Waals surface area contributed by atoms with E-state index in [-0.39, 0.29) is 12.7 Å². The van der Waals surface area contributed by atoms with Crippen molar-refractivity contribution in [1.82, 2.24) is 5.32 Å². The van der Waals surface area contributed by atoms with E-state index in [1.165, 1.54) is 0 Å². The smallest absolute Gasteiger partial charge is 0.240 e. The van der Waals surface area contributed by atoms with Crippen LogP contribution in [0, 0.1) is 0 Å². The van der Waals surface area contributed by atoms with Crippen molar-refractivity contribution in [3.05, 3.63) is 18.2 Å². The maximum atomic E-state index is 12.1. The monoisotopic (exact) mass is 308 g/mol. The normalized spacial score (nSPS) is 18.8. The minimum absolute atomic E-state index is 0.148. The van der Waals surface area contributed by atoms with Crippen LogP contribution in [0.3, 0.4) is 0 Å². The lowest BCUT2D eigenvalue weighted by molar-refractivity contribution is -0.129. The van der Waals surface area contributed by atoms with Gasteiger partial charge in [-0.2, -0.15) is 0 Å². The summed E-state index contributed by atoms with van der Waals surface area (Å²) in [5.41, 5.74) is 5.27.